The molecule has 0 atom stereocenters. The van der Waals surface area contributed by atoms with Crippen LogP contribution in [0.1, 0.15) is 11.7 Å². The summed E-state index contributed by atoms with van der Waals surface area (Å²) >= 11 is 6.30. The fourth-order valence-electron chi connectivity index (χ4n) is 2.92. The summed E-state index contributed by atoms with van der Waals surface area (Å²) < 4.78 is 5.13. The number of nitrogens with zero attached hydrogens (tertiary/aromatic N) is 5. The lowest BCUT2D eigenvalue weighted by molar-refractivity contribution is 0.363. The fraction of sp³-hybridized carbons (Fsp3) is 0.471. The molecule has 134 valence electrons. The van der Waals surface area contributed by atoms with Gasteiger partial charge in [0.05, 0.1) is 10.7 Å². The lowest BCUT2D eigenvalue weighted by Gasteiger charge is -2.38. The molecule has 1 aliphatic heterocycles. The lowest BCUT2D eigenvalue weighted by atomic mass is 10.2. The maximum absolute atomic E-state index is 6.30. The monoisotopic (exact) mass is 362 g/mol. The molecule has 1 aromatic heterocycles. The molecule has 0 aliphatic carbocycles. The zero-order valence-electron chi connectivity index (χ0n) is 14.6. The number of guanidine groups is 1. The number of aromatic nitrogens is 2. The molecule has 3 rings (SSSR count). The highest BCUT2D eigenvalue weighted by atomic mass is 35.5. The molecule has 7 nitrogen and oxygen atoms in total. The van der Waals surface area contributed by atoms with E-state index in [1.54, 1.807) is 7.05 Å². The highest BCUT2D eigenvalue weighted by Crippen LogP contribution is 2.25. The van der Waals surface area contributed by atoms with Crippen LogP contribution in [0.2, 0.25) is 5.02 Å². The molecule has 25 heavy (non-hydrogen) atoms. The topological polar surface area (TPSA) is 69.8 Å². The molecule has 1 fully saturated rings. The molecule has 0 radical (unpaired) electrons. The summed E-state index contributed by atoms with van der Waals surface area (Å²) in [5.74, 6) is 2.20. The number of aliphatic imine (C=N–C) groups is 1. The number of nitrogens with one attached hydrogen (secondary N) is 1. The Morgan fingerprint density at radius 1 is 1.28 bits per heavy atom. The molecular formula is C17H23ClN6O. The quantitative estimate of drug-likeness (QED) is 0.662. The minimum atomic E-state index is 0.643. The lowest BCUT2D eigenvalue weighted by Crippen LogP contribution is -2.52. The molecule has 0 amide bonds. The summed E-state index contributed by atoms with van der Waals surface area (Å²) in [4.78, 5) is 13.2. The first-order valence-electron chi connectivity index (χ1n) is 8.41. The number of anilines is 1. The molecule has 0 unspecified atom stereocenters. The van der Waals surface area contributed by atoms with Gasteiger partial charge in [-0.2, -0.15) is 4.98 Å². The van der Waals surface area contributed by atoms with Gasteiger partial charge in [0, 0.05) is 46.2 Å². The van der Waals surface area contributed by atoms with E-state index in [1.807, 2.05) is 25.1 Å². The van der Waals surface area contributed by atoms with E-state index < -0.39 is 0 Å². The van der Waals surface area contributed by atoms with E-state index in [9.17, 15) is 0 Å². The van der Waals surface area contributed by atoms with Crippen molar-refractivity contribution in [2.24, 2.45) is 4.99 Å². The Morgan fingerprint density at radius 3 is 2.68 bits per heavy atom. The van der Waals surface area contributed by atoms with Gasteiger partial charge in [-0.25, -0.2) is 0 Å². The molecule has 0 saturated carbocycles. The number of aryl methyl sites for hydroxylation is 1. The van der Waals surface area contributed by atoms with Crippen LogP contribution in [0.15, 0.2) is 33.8 Å². The zero-order valence-corrected chi connectivity index (χ0v) is 15.3. The Labute approximate surface area is 152 Å². The summed E-state index contributed by atoms with van der Waals surface area (Å²) in [6.07, 6.45) is 0.680. The average molecular weight is 363 g/mol. The first-order valence-corrected chi connectivity index (χ1v) is 8.79. The van der Waals surface area contributed by atoms with Crippen LogP contribution in [-0.2, 0) is 6.42 Å². The van der Waals surface area contributed by atoms with Gasteiger partial charge in [-0.05, 0) is 19.1 Å². The smallest absolute Gasteiger partial charge is 0.228 e. The molecule has 0 bridgehead atoms. The molecule has 8 heteroatoms. The van der Waals surface area contributed by atoms with Gasteiger partial charge >= 0.3 is 0 Å². The van der Waals surface area contributed by atoms with E-state index in [-0.39, 0.29) is 0 Å². The first kappa shape index (κ1) is 17.5. The van der Waals surface area contributed by atoms with Crippen LogP contribution in [-0.4, -0.2) is 60.8 Å². The maximum atomic E-state index is 6.30. The van der Waals surface area contributed by atoms with Gasteiger partial charge in [0.2, 0.25) is 5.89 Å². The van der Waals surface area contributed by atoms with Crippen molar-refractivity contribution in [3.05, 3.63) is 41.0 Å². The van der Waals surface area contributed by atoms with Crippen LogP contribution in [0.5, 0.6) is 0 Å². The Hall–Kier alpha value is -2.28. The van der Waals surface area contributed by atoms with Gasteiger partial charge in [-0.3, -0.25) is 4.99 Å². The van der Waals surface area contributed by atoms with Gasteiger partial charge in [-0.15, -0.1) is 0 Å². The predicted molar refractivity (Wildman–Crippen MR) is 99.3 cm³/mol. The number of halogens is 1. The second-order valence-electron chi connectivity index (χ2n) is 5.88. The van der Waals surface area contributed by atoms with E-state index in [1.165, 1.54) is 0 Å². The maximum Gasteiger partial charge on any atom is 0.228 e. The van der Waals surface area contributed by atoms with E-state index in [0.717, 1.165) is 42.8 Å². The van der Waals surface area contributed by atoms with E-state index in [0.29, 0.717) is 24.7 Å². The van der Waals surface area contributed by atoms with Gasteiger partial charge in [0.25, 0.3) is 0 Å². The average Bonchev–Trinajstić information content (AvgIpc) is 3.05. The van der Waals surface area contributed by atoms with Crippen molar-refractivity contribution in [3.63, 3.8) is 0 Å². The summed E-state index contributed by atoms with van der Waals surface area (Å²) in [6, 6.07) is 7.98. The molecular weight excluding hydrogens is 340 g/mol. The summed E-state index contributed by atoms with van der Waals surface area (Å²) in [5.41, 5.74) is 1.10. The Morgan fingerprint density at radius 2 is 2.04 bits per heavy atom. The van der Waals surface area contributed by atoms with Gasteiger partial charge in [-0.1, -0.05) is 28.9 Å². The predicted octanol–water partition coefficient (Wildman–Crippen LogP) is 1.97. The highest BCUT2D eigenvalue weighted by Gasteiger charge is 2.21. The van der Waals surface area contributed by atoms with Crippen LogP contribution < -0.4 is 10.2 Å². The van der Waals surface area contributed by atoms with Gasteiger partial charge < -0.3 is 19.6 Å². The van der Waals surface area contributed by atoms with Crippen LogP contribution in [0, 0.1) is 6.92 Å². The SMILES string of the molecule is CN=C(NCCc1nc(C)no1)N1CCN(c2ccccc2Cl)CC1. The van der Waals surface area contributed by atoms with Crippen molar-refractivity contribution in [1.82, 2.24) is 20.4 Å². The second kappa shape index (κ2) is 8.20. The zero-order chi connectivity index (χ0) is 17.6. The van der Waals surface area contributed by atoms with Gasteiger partial charge in [0.1, 0.15) is 0 Å². The highest BCUT2D eigenvalue weighted by molar-refractivity contribution is 6.33. The number of hydrogen-bond donors (Lipinski definition) is 1. The van der Waals surface area contributed by atoms with Crippen LogP contribution in [0.4, 0.5) is 5.69 Å². The van der Waals surface area contributed by atoms with Crippen molar-refractivity contribution in [2.45, 2.75) is 13.3 Å². The summed E-state index contributed by atoms with van der Waals surface area (Å²) in [5, 5.41) is 7.96. The third-order valence-electron chi connectivity index (χ3n) is 4.18. The summed E-state index contributed by atoms with van der Waals surface area (Å²) in [6.45, 7) is 6.13. The van der Waals surface area contributed by atoms with Crippen LogP contribution in [0.25, 0.3) is 0 Å². The Balaban J connectivity index is 1.49. The molecule has 1 aliphatic rings. The first-order chi connectivity index (χ1) is 12.2. The van der Waals surface area contributed by atoms with Crippen molar-refractivity contribution in [1.29, 1.82) is 0 Å². The molecule has 2 aromatic rings. The fourth-order valence-corrected chi connectivity index (χ4v) is 3.18. The minimum absolute atomic E-state index is 0.643. The van der Waals surface area contributed by atoms with Crippen molar-refractivity contribution in [3.8, 4) is 0 Å². The third-order valence-corrected chi connectivity index (χ3v) is 4.50. The molecule has 0 spiro atoms. The number of rotatable bonds is 4. The van der Waals surface area contributed by atoms with E-state index >= 15 is 0 Å². The largest absolute Gasteiger partial charge is 0.367 e. The van der Waals surface area contributed by atoms with Crippen LogP contribution >= 0.6 is 11.6 Å². The van der Waals surface area contributed by atoms with Crippen LogP contribution in [0.3, 0.4) is 0 Å². The number of benzene rings is 1. The number of hydrogen-bond acceptors (Lipinski definition) is 5. The molecule has 1 saturated heterocycles. The standard InChI is InChI=1S/C17H23ClN6O/c1-13-21-16(25-22-13)7-8-20-17(19-2)24-11-9-23(10-12-24)15-6-4-3-5-14(15)18/h3-6H,7-12H2,1-2H3,(H,19,20). The van der Waals surface area contributed by atoms with Crippen molar-refractivity contribution < 1.29 is 4.52 Å². The normalized spacial score (nSPS) is 15.6. The summed E-state index contributed by atoms with van der Waals surface area (Å²) in [7, 11) is 1.81. The minimum Gasteiger partial charge on any atom is -0.367 e. The van der Waals surface area contributed by atoms with Gasteiger partial charge in [0.15, 0.2) is 11.8 Å². The Bertz CT molecular complexity index is 723. The molecule has 1 N–H and O–H groups in total. The van der Waals surface area contributed by atoms with E-state index in [2.05, 4.69) is 36.3 Å². The number of piperazine rings is 1. The van der Waals surface area contributed by atoms with E-state index in [4.69, 9.17) is 16.1 Å². The van der Waals surface area contributed by atoms with Crippen molar-refractivity contribution in [2.75, 3.05) is 44.7 Å². The Kier molecular flexibility index (Phi) is 5.75. The number of para-hydroxylation sites is 1. The second-order valence-corrected chi connectivity index (χ2v) is 6.29. The molecule has 2 heterocycles. The van der Waals surface area contributed by atoms with Crippen molar-refractivity contribution >= 4 is 23.2 Å². The molecule has 1 aromatic carbocycles. The third kappa shape index (κ3) is 4.42.